The number of carbonyl (C=O) groups excluding carboxylic acids is 1. The summed E-state index contributed by atoms with van der Waals surface area (Å²) < 4.78 is 48.3. The summed E-state index contributed by atoms with van der Waals surface area (Å²) >= 11 is 4.83. The van der Waals surface area contributed by atoms with Crippen molar-refractivity contribution in [3.05, 3.63) is 61.9 Å². The molecule has 0 bridgehead atoms. The van der Waals surface area contributed by atoms with E-state index in [1.807, 2.05) is 10.3 Å². The molecule has 0 N–H and O–H groups in total. The van der Waals surface area contributed by atoms with Crippen molar-refractivity contribution in [2.75, 3.05) is 13.2 Å². The maximum Gasteiger partial charge on any atom is 0.338 e. The summed E-state index contributed by atoms with van der Waals surface area (Å²) in [4.78, 5) is 24.4. The van der Waals surface area contributed by atoms with E-state index < -0.39 is 27.9 Å². The highest BCUT2D eigenvalue weighted by atomic mass is 79.9. The molecule has 2 aromatic rings. The molecule has 8 nitrogen and oxygen atoms in total. The molecule has 1 aliphatic carbocycles. The highest BCUT2D eigenvalue weighted by Gasteiger charge is 2.42. The first-order chi connectivity index (χ1) is 16.8. The van der Waals surface area contributed by atoms with Crippen LogP contribution in [-0.4, -0.2) is 54.7 Å². The van der Waals surface area contributed by atoms with Crippen molar-refractivity contribution in [3.8, 4) is 0 Å². The molecule has 0 radical (unpaired) electrons. The Bertz CT molecular complexity index is 1350. The number of allylic oxidation sites excluding steroid dienone is 1. The number of fused-ring (bicyclic) bond motifs is 1. The fraction of sp³-hybridized carbons (Fsp3) is 0.391. The zero-order chi connectivity index (χ0) is 24.7. The molecule has 0 spiro atoms. The Morgan fingerprint density at radius 1 is 1.40 bits per heavy atom. The zero-order valence-corrected chi connectivity index (χ0v) is 21.9. The number of sulfonamides is 1. The average Bonchev–Trinajstić information content (AvgIpc) is 3.38. The first-order valence-corrected chi connectivity index (χ1v) is 14.4. The number of nitrogens with zero attached hydrogens (tertiary/aromatic N) is 4. The summed E-state index contributed by atoms with van der Waals surface area (Å²) in [5.41, 5.74) is 1.65. The van der Waals surface area contributed by atoms with Crippen LogP contribution in [0.1, 0.15) is 42.8 Å². The number of carbonyl (C=O) groups is 1. The van der Waals surface area contributed by atoms with E-state index in [0.717, 1.165) is 0 Å². The minimum atomic E-state index is -3.51. The first kappa shape index (κ1) is 24.3. The molecule has 2 aliphatic heterocycles. The molecule has 3 heterocycles. The standard InChI is InChI=1S/C23H22BrFN4O4S2/c1-2-33-23(30)19-18-9-13(11-27-35(31,32)15-4-5-15)12-29(18)21(22-26-7-8-34-22)28-20(19)16-6-3-14(25)10-17(16)24/h3,6-8,10-11,13,15,20H,2,4-5,9,12H2,1H3/t13?,20-/m0/s1. The maximum atomic E-state index is 13.8. The Balaban J connectivity index is 1.61. The van der Waals surface area contributed by atoms with Gasteiger partial charge in [-0.25, -0.2) is 22.6 Å². The molecular formula is C23H22BrFN4O4S2. The molecule has 184 valence electrons. The molecule has 0 amide bonds. The van der Waals surface area contributed by atoms with E-state index >= 15 is 0 Å². The molecule has 35 heavy (non-hydrogen) atoms. The SMILES string of the molecule is CCOC(=O)C1=C2CC(C=NS(=O)(=O)C3CC3)CN2C(c2nccs2)=N[C@H]1c1ccc(F)cc1Br. The normalized spacial score (nSPS) is 22.5. The molecule has 2 fully saturated rings. The van der Waals surface area contributed by atoms with Crippen molar-refractivity contribution in [1.82, 2.24) is 9.88 Å². The minimum absolute atomic E-state index is 0.181. The average molecular weight is 581 g/mol. The number of hydrogen-bond acceptors (Lipinski definition) is 8. The van der Waals surface area contributed by atoms with Crippen molar-refractivity contribution in [2.45, 2.75) is 37.5 Å². The second-order valence-corrected chi connectivity index (χ2v) is 12.1. The van der Waals surface area contributed by atoms with Crippen molar-refractivity contribution in [2.24, 2.45) is 15.3 Å². The summed E-state index contributed by atoms with van der Waals surface area (Å²) in [6.45, 7) is 2.31. The third-order valence-electron chi connectivity index (χ3n) is 6.03. The van der Waals surface area contributed by atoms with Gasteiger partial charge in [0, 0.05) is 40.4 Å². The number of benzene rings is 1. The van der Waals surface area contributed by atoms with E-state index in [9.17, 15) is 17.6 Å². The van der Waals surface area contributed by atoms with Crippen LogP contribution in [0.25, 0.3) is 0 Å². The number of aliphatic imine (C=N–C) groups is 1. The monoisotopic (exact) mass is 580 g/mol. The lowest BCUT2D eigenvalue weighted by molar-refractivity contribution is -0.139. The predicted octanol–water partition coefficient (Wildman–Crippen LogP) is 4.25. The third-order valence-corrected chi connectivity index (χ3v) is 9.22. The van der Waals surface area contributed by atoms with Crippen molar-refractivity contribution in [1.29, 1.82) is 0 Å². The minimum Gasteiger partial charge on any atom is -0.463 e. The van der Waals surface area contributed by atoms with Crippen molar-refractivity contribution >= 4 is 55.3 Å². The van der Waals surface area contributed by atoms with Crippen LogP contribution in [0.15, 0.2) is 54.9 Å². The van der Waals surface area contributed by atoms with Gasteiger partial charge >= 0.3 is 5.97 Å². The second-order valence-electron chi connectivity index (χ2n) is 8.48. The van der Waals surface area contributed by atoms with Gasteiger partial charge in [-0.1, -0.05) is 22.0 Å². The van der Waals surface area contributed by atoms with E-state index in [4.69, 9.17) is 9.73 Å². The molecule has 1 aromatic heterocycles. The van der Waals surface area contributed by atoms with Gasteiger partial charge in [-0.15, -0.1) is 11.3 Å². The molecule has 12 heteroatoms. The van der Waals surface area contributed by atoms with E-state index in [2.05, 4.69) is 25.3 Å². The van der Waals surface area contributed by atoms with Crippen LogP contribution in [-0.2, 0) is 19.6 Å². The number of amidine groups is 1. The van der Waals surface area contributed by atoms with Crippen molar-refractivity contribution < 1.29 is 22.3 Å². The topological polar surface area (TPSA) is 101 Å². The van der Waals surface area contributed by atoms with Gasteiger partial charge in [0.05, 0.1) is 17.4 Å². The van der Waals surface area contributed by atoms with E-state index in [0.29, 0.717) is 58.0 Å². The van der Waals surface area contributed by atoms with Gasteiger partial charge in [0.25, 0.3) is 10.0 Å². The summed E-state index contributed by atoms with van der Waals surface area (Å²) in [6.07, 6.45) is 4.82. The molecule has 1 saturated carbocycles. The van der Waals surface area contributed by atoms with Crippen LogP contribution in [0.4, 0.5) is 4.39 Å². The summed E-state index contributed by atoms with van der Waals surface area (Å²) in [5, 5.41) is 2.11. The highest BCUT2D eigenvalue weighted by molar-refractivity contribution is 9.10. The fourth-order valence-electron chi connectivity index (χ4n) is 4.27. The number of esters is 1. The van der Waals surface area contributed by atoms with Gasteiger partial charge in [0.15, 0.2) is 10.8 Å². The molecule has 1 unspecified atom stereocenters. The molecule has 1 saturated heterocycles. The third kappa shape index (κ3) is 4.83. The van der Waals surface area contributed by atoms with E-state index in [-0.39, 0.29) is 17.8 Å². The Hall–Kier alpha value is -2.44. The van der Waals surface area contributed by atoms with Crippen LogP contribution >= 0.6 is 27.3 Å². The van der Waals surface area contributed by atoms with E-state index in [1.165, 1.54) is 29.7 Å². The van der Waals surface area contributed by atoms with Crippen LogP contribution in [0.3, 0.4) is 0 Å². The Morgan fingerprint density at radius 3 is 2.86 bits per heavy atom. The van der Waals surface area contributed by atoms with Gasteiger partial charge < -0.3 is 9.64 Å². The van der Waals surface area contributed by atoms with Gasteiger partial charge in [0.1, 0.15) is 11.9 Å². The summed E-state index contributed by atoms with van der Waals surface area (Å²) in [7, 11) is -3.51. The van der Waals surface area contributed by atoms with Crippen molar-refractivity contribution in [3.63, 3.8) is 0 Å². The quantitative estimate of drug-likeness (QED) is 0.358. The van der Waals surface area contributed by atoms with Gasteiger partial charge in [-0.2, -0.15) is 4.40 Å². The number of rotatable bonds is 7. The largest absolute Gasteiger partial charge is 0.463 e. The summed E-state index contributed by atoms with van der Waals surface area (Å²) in [5.74, 6) is -0.603. The Morgan fingerprint density at radius 2 is 2.20 bits per heavy atom. The highest BCUT2D eigenvalue weighted by Crippen LogP contribution is 2.43. The maximum absolute atomic E-state index is 13.8. The number of thiazole rings is 1. The molecule has 2 atom stereocenters. The van der Waals surface area contributed by atoms with Gasteiger partial charge in [-0.05, 0) is 43.9 Å². The number of aromatic nitrogens is 1. The van der Waals surface area contributed by atoms with Gasteiger partial charge in [0.2, 0.25) is 0 Å². The number of halogens is 2. The van der Waals surface area contributed by atoms with E-state index in [1.54, 1.807) is 19.2 Å². The van der Waals surface area contributed by atoms with Crippen LogP contribution in [0.2, 0.25) is 0 Å². The van der Waals surface area contributed by atoms with Gasteiger partial charge in [-0.3, -0.25) is 4.99 Å². The van der Waals surface area contributed by atoms with Crippen LogP contribution in [0, 0.1) is 11.7 Å². The molecule has 1 aromatic carbocycles. The lowest BCUT2D eigenvalue weighted by atomic mass is 9.94. The predicted molar refractivity (Wildman–Crippen MR) is 134 cm³/mol. The number of ether oxygens (including phenoxy) is 1. The summed E-state index contributed by atoms with van der Waals surface area (Å²) in [6, 6.07) is 3.50. The fourth-order valence-corrected chi connectivity index (χ4v) is 6.72. The first-order valence-electron chi connectivity index (χ1n) is 11.2. The number of hydrogen-bond donors (Lipinski definition) is 0. The second kappa shape index (κ2) is 9.55. The Kier molecular flexibility index (Phi) is 6.62. The van der Waals surface area contributed by atoms with Crippen LogP contribution in [0.5, 0.6) is 0 Å². The van der Waals surface area contributed by atoms with Crippen LogP contribution < -0.4 is 0 Å². The lowest BCUT2D eigenvalue weighted by Crippen LogP contribution is -2.35. The lowest BCUT2D eigenvalue weighted by Gasteiger charge is -2.31. The molecular weight excluding hydrogens is 559 g/mol. The Labute approximate surface area is 214 Å². The molecule has 5 rings (SSSR count). The smallest absolute Gasteiger partial charge is 0.338 e. The zero-order valence-electron chi connectivity index (χ0n) is 18.7. The molecule has 3 aliphatic rings.